The minimum Gasteiger partial charge on any atom is -0.495 e. The van der Waals surface area contributed by atoms with Crippen molar-refractivity contribution >= 4 is 29.0 Å². The fraction of sp³-hybridized carbons (Fsp3) is 0.353. The molecule has 26 heavy (non-hydrogen) atoms. The van der Waals surface area contributed by atoms with Crippen LogP contribution in [0.5, 0.6) is 5.75 Å². The van der Waals surface area contributed by atoms with Crippen LogP contribution in [0.2, 0.25) is 0 Å². The van der Waals surface area contributed by atoms with Gasteiger partial charge in [0.15, 0.2) is 5.67 Å². The van der Waals surface area contributed by atoms with E-state index in [0.717, 1.165) is 9.80 Å². The van der Waals surface area contributed by atoms with Gasteiger partial charge in [-0.3, -0.25) is 14.5 Å². The van der Waals surface area contributed by atoms with E-state index >= 15 is 8.78 Å². The van der Waals surface area contributed by atoms with Gasteiger partial charge in [-0.2, -0.15) is 0 Å². The summed E-state index contributed by atoms with van der Waals surface area (Å²) in [5, 5.41) is 3.20. The number of rotatable bonds is 3. The standard InChI is InChI=1S/C17H15F2N3O3S/c1-25-12-7-26-6-11(12)14(23)21-8-16(18)9-22(13-4-2-3-5-20-13)15(24)17(16,19)10-21/h2-7H,8-10H2,1H3/t16-,17+/m0/s1. The van der Waals surface area contributed by atoms with Gasteiger partial charge in [0.2, 0.25) is 5.67 Å². The average molecular weight is 379 g/mol. The minimum atomic E-state index is -2.79. The number of aromatic nitrogens is 1. The Hall–Kier alpha value is -2.55. The molecule has 136 valence electrons. The van der Waals surface area contributed by atoms with E-state index in [4.69, 9.17) is 4.74 Å². The van der Waals surface area contributed by atoms with Crippen LogP contribution >= 0.6 is 11.3 Å². The second-order valence-corrected chi connectivity index (χ2v) is 7.10. The van der Waals surface area contributed by atoms with E-state index in [1.54, 1.807) is 22.9 Å². The van der Waals surface area contributed by atoms with Gasteiger partial charge in [0.25, 0.3) is 11.8 Å². The second kappa shape index (κ2) is 5.73. The molecule has 2 aromatic heterocycles. The zero-order chi connectivity index (χ0) is 18.5. The third kappa shape index (κ3) is 2.23. The van der Waals surface area contributed by atoms with Gasteiger partial charge in [-0.1, -0.05) is 6.07 Å². The van der Waals surface area contributed by atoms with Crippen molar-refractivity contribution in [2.75, 3.05) is 31.6 Å². The lowest BCUT2D eigenvalue weighted by Gasteiger charge is -2.22. The van der Waals surface area contributed by atoms with Gasteiger partial charge in [-0.25, -0.2) is 13.8 Å². The zero-order valence-electron chi connectivity index (χ0n) is 13.8. The molecule has 2 fully saturated rings. The molecule has 0 saturated carbocycles. The minimum absolute atomic E-state index is 0.193. The number of fused-ring (bicyclic) bond motifs is 1. The molecule has 2 amide bonds. The fourth-order valence-corrected chi connectivity index (χ4v) is 4.24. The van der Waals surface area contributed by atoms with E-state index in [2.05, 4.69) is 4.98 Å². The fourth-order valence-electron chi connectivity index (χ4n) is 3.47. The molecule has 4 rings (SSSR count). The topological polar surface area (TPSA) is 62.7 Å². The van der Waals surface area contributed by atoms with Crippen LogP contribution in [0.1, 0.15) is 10.4 Å². The van der Waals surface area contributed by atoms with E-state index < -0.39 is 42.8 Å². The van der Waals surface area contributed by atoms with E-state index in [-0.39, 0.29) is 11.4 Å². The molecule has 0 radical (unpaired) electrons. The highest BCUT2D eigenvalue weighted by atomic mass is 32.1. The molecule has 0 spiro atoms. The Morgan fingerprint density at radius 2 is 2.08 bits per heavy atom. The van der Waals surface area contributed by atoms with Crippen LogP contribution in [0.25, 0.3) is 0 Å². The zero-order valence-corrected chi connectivity index (χ0v) is 14.6. The predicted molar refractivity (Wildman–Crippen MR) is 91.0 cm³/mol. The number of carbonyl (C=O) groups excluding carboxylic acids is 2. The smallest absolute Gasteiger partial charge is 0.271 e. The summed E-state index contributed by atoms with van der Waals surface area (Å²) >= 11 is 1.25. The van der Waals surface area contributed by atoms with Crippen molar-refractivity contribution in [3.05, 3.63) is 40.7 Å². The van der Waals surface area contributed by atoms with Gasteiger partial charge in [-0.15, -0.1) is 11.3 Å². The van der Waals surface area contributed by atoms with Crippen molar-refractivity contribution in [1.82, 2.24) is 9.88 Å². The number of thiophene rings is 1. The summed E-state index contributed by atoms with van der Waals surface area (Å²) in [6.07, 6.45) is 1.45. The van der Waals surface area contributed by atoms with E-state index in [0.29, 0.717) is 5.75 Å². The SMILES string of the molecule is COc1cscc1C(=O)N1C[C@]2(F)CN(c3ccccn3)C(=O)[C@]2(F)C1. The normalized spacial score (nSPS) is 27.7. The quantitative estimate of drug-likeness (QED) is 0.819. The molecular formula is C17H15F2N3O3S. The first-order valence-electron chi connectivity index (χ1n) is 7.90. The summed E-state index contributed by atoms with van der Waals surface area (Å²) in [6.45, 7) is -1.62. The number of alkyl halides is 2. The number of methoxy groups -OCH3 is 1. The van der Waals surface area contributed by atoms with Crippen LogP contribution in [-0.4, -0.2) is 59.8 Å². The van der Waals surface area contributed by atoms with Crippen molar-refractivity contribution < 1.29 is 23.1 Å². The predicted octanol–water partition coefficient (Wildman–Crippen LogP) is 2.07. The summed E-state index contributed by atoms with van der Waals surface area (Å²) < 4.78 is 35.9. The second-order valence-electron chi connectivity index (χ2n) is 6.36. The number of hydrogen-bond donors (Lipinski definition) is 0. The lowest BCUT2D eigenvalue weighted by atomic mass is 9.93. The number of nitrogens with zero attached hydrogens (tertiary/aromatic N) is 3. The summed E-state index contributed by atoms with van der Waals surface area (Å²) in [5.41, 5.74) is -5.04. The summed E-state index contributed by atoms with van der Waals surface area (Å²) in [5.74, 6) is -1.02. The number of ether oxygens (including phenoxy) is 1. The number of carbonyl (C=O) groups is 2. The largest absolute Gasteiger partial charge is 0.495 e. The van der Waals surface area contributed by atoms with Gasteiger partial charge in [-0.05, 0) is 12.1 Å². The molecular weight excluding hydrogens is 364 g/mol. The lowest BCUT2D eigenvalue weighted by molar-refractivity contribution is -0.130. The molecule has 2 aromatic rings. The van der Waals surface area contributed by atoms with Gasteiger partial charge in [0.05, 0.1) is 32.3 Å². The van der Waals surface area contributed by atoms with Crippen molar-refractivity contribution in [1.29, 1.82) is 0 Å². The number of hydrogen-bond acceptors (Lipinski definition) is 5. The van der Waals surface area contributed by atoms with E-state index in [1.165, 1.54) is 30.7 Å². The monoisotopic (exact) mass is 379 g/mol. The molecule has 2 aliphatic heterocycles. The van der Waals surface area contributed by atoms with Crippen LogP contribution in [0.15, 0.2) is 35.2 Å². The highest BCUT2D eigenvalue weighted by Crippen LogP contribution is 2.47. The third-order valence-electron chi connectivity index (χ3n) is 4.84. The van der Waals surface area contributed by atoms with Crippen LogP contribution < -0.4 is 9.64 Å². The number of likely N-dealkylation sites (tertiary alicyclic amines) is 1. The first-order chi connectivity index (χ1) is 12.4. The molecule has 0 N–H and O–H groups in total. The Balaban J connectivity index is 1.61. The van der Waals surface area contributed by atoms with Crippen molar-refractivity contribution in [3.63, 3.8) is 0 Å². The first-order valence-corrected chi connectivity index (χ1v) is 8.84. The molecule has 0 bridgehead atoms. The van der Waals surface area contributed by atoms with Gasteiger partial charge in [0, 0.05) is 17.0 Å². The summed E-state index contributed by atoms with van der Waals surface area (Å²) in [6, 6.07) is 4.80. The molecule has 4 heterocycles. The van der Waals surface area contributed by atoms with Crippen LogP contribution in [0.4, 0.5) is 14.6 Å². The Bertz CT molecular complexity index is 877. The number of pyridine rings is 1. The maximum atomic E-state index is 15.4. The first kappa shape index (κ1) is 16.9. The summed E-state index contributed by atoms with van der Waals surface area (Å²) in [7, 11) is 1.42. The molecule has 2 atom stereocenters. The molecule has 0 aromatic carbocycles. The van der Waals surface area contributed by atoms with Crippen LogP contribution in [0.3, 0.4) is 0 Å². The average Bonchev–Trinajstić information content (AvgIpc) is 3.27. The Labute approximate surface area is 152 Å². The lowest BCUT2D eigenvalue weighted by Crippen LogP contribution is -2.47. The van der Waals surface area contributed by atoms with Gasteiger partial charge >= 0.3 is 0 Å². The maximum absolute atomic E-state index is 15.4. The molecule has 2 saturated heterocycles. The number of amides is 2. The highest BCUT2D eigenvalue weighted by molar-refractivity contribution is 7.08. The molecule has 2 aliphatic rings. The highest BCUT2D eigenvalue weighted by Gasteiger charge is 2.72. The Morgan fingerprint density at radius 1 is 1.27 bits per heavy atom. The molecule has 0 aliphatic carbocycles. The number of halogens is 2. The molecule has 9 heteroatoms. The summed E-state index contributed by atoms with van der Waals surface area (Å²) in [4.78, 5) is 31.3. The molecule has 6 nitrogen and oxygen atoms in total. The van der Waals surface area contributed by atoms with Crippen LogP contribution in [-0.2, 0) is 4.79 Å². The van der Waals surface area contributed by atoms with Crippen molar-refractivity contribution in [2.24, 2.45) is 0 Å². The Morgan fingerprint density at radius 3 is 2.73 bits per heavy atom. The van der Waals surface area contributed by atoms with Crippen molar-refractivity contribution in [2.45, 2.75) is 11.3 Å². The van der Waals surface area contributed by atoms with Crippen LogP contribution in [0, 0.1) is 0 Å². The van der Waals surface area contributed by atoms with E-state index in [9.17, 15) is 9.59 Å². The third-order valence-corrected chi connectivity index (χ3v) is 5.57. The maximum Gasteiger partial charge on any atom is 0.271 e. The Kier molecular flexibility index (Phi) is 3.72. The van der Waals surface area contributed by atoms with Crippen molar-refractivity contribution in [3.8, 4) is 5.75 Å². The number of anilines is 1. The van der Waals surface area contributed by atoms with E-state index in [1.807, 2.05) is 0 Å². The van der Waals surface area contributed by atoms with Gasteiger partial charge < -0.3 is 9.64 Å². The molecule has 0 unspecified atom stereocenters. The van der Waals surface area contributed by atoms with Gasteiger partial charge in [0.1, 0.15) is 11.6 Å².